The summed E-state index contributed by atoms with van der Waals surface area (Å²) in [6.45, 7) is 2.79. The molecule has 1 amide bonds. The second-order valence-electron chi connectivity index (χ2n) is 9.16. The molecule has 0 aliphatic heterocycles. The number of ether oxygens (including phenoxy) is 2. The van der Waals surface area contributed by atoms with E-state index in [0.717, 1.165) is 23.1 Å². The second-order valence-corrected chi connectivity index (χ2v) is 11.3. The molecule has 0 saturated heterocycles. The van der Waals surface area contributed by atoms with Gasteiger partial charge in [0.05, 0.1) is 23.9 Å². The normalized spacial score (nSPS) is 11.5. The monoisotopic (exact) mass is 555 g/mol. The summed E-state index contributed by atoms with van der Waals surface area (Å²) in [4.78, 5) is 17.7. The molecule has 2 N–H and O–H groups in total. The van der Waals surface area contributed by atoms with Crippen molar-refractivity contribution < 1.29 is 27.9 Å². The van der Waals surface area contributed by atoms with Crippen molar-refractivity contribution in [1.29, 1.82) is 0 Å². The number of carbonyl (C=O) groups is 1. The van der Waals surface area contributed by atoms with Crippen LogP contribution in [0.2, 0.25) is 0 Å². The second kappa shape index (κ2) is 15.9. The van der Waals surface area contributed by atoms with E-state index in [-0.39, 0.29) is 17.1 Å². The fraction of sp³-hybridized carbons (Fsp3) is 0.379. The number of aromatic nitrogens is 1. The zero-order valence-corrected chi connectivity index (χ0v) is 23.1. The first-order valence-corrected chi connectivity index (χ1v) is 14.7. The van der Waals surface area contributed by atoms with Crippen molar-refractivity contribution in [2.24, 2.45) is 0 Å². The zero-order chi connectivity index (χ0) is 27.9. The van der Waals surface area contributed by atoms with Gasteiger partial charge in [-0.2, -0.15) is 0 Å². The Morgan fingerprint density at radius 1 is 0.974 bits per heavy atom. The number of nitrogens with zero attached hydrogens (tertiary/aromatic N) is 2. The molecule has 3 aromatic rings. The molecular weight excluding hydrogens is 518 g/mol. The highest BCUT2D eigenvalue weighted by atomic mass is 32.2. The lowest BCUT2D eigenvalue weighted by Gasteiger charge is -2.21. The maximum absolute atomic E-state index is 12.9. The van der Waals surface area contributed by atoms with Crippen molar-refractivity contribution in [3.8, 4) is 16.9 Å². The zero-order valence-electron chi connectivity index (χ0n) is 22.3. The van der Waals surface area contributed by atoms with E-state index < -0.39 is 15.7 Å². The third kappa shape index (κ3) is 10.4. The fourth-order valence-electron chi connectivity index (χ4n) is 4.14. The van der Waals surface area contributed by atoms with Crippen molar-refractivity contribution in [3.63, 3.8) is 0 Å². The summed E-state index contributed by atoms with van der Waals surface area (Å²) in [6.07, 6.45) is 5.52. The number of hydroxylamine groups is 1. The Bertz CT molecular complexity index is 1250. The Labute approximate surface area is 230 Å². The first-order chi connectivity index (χ1) is 18.9. The van der Waals surface area contributed by atoms with Crippen LogP contribution >= 0.6 is 0 Å². The third-order valence-electron chi connectivity index (χ3n) is 6.27. The van der Waals surface area contributed by atoms with Crippen LogP contribution in [0.1, 0.15) is 24.8 Å². The van der Waals surface area contributed by atoms with E-state index in [1.807, 2.05) is 24.4 Å². The molecule has 39 heavy (non-hydrogen) atoms. The highest BCUT2D eigenvalue weighted by Crippen LogP contribution is 2.21. The molecule has 2 aromatic carbocycles. The van der Waals surface area contributed by atoms with Gasteiger partial charge in [0.25, 0.3) is 0 Å². The van der Waals surface area contributed by atoms with Gasteiger partial charge in [0.1, 0.15) is 5.75 Å². The number of nitrogens with one attached hydrogen (secondary N) is 1. The molecule has 0 bridgehead atoms. The summed E-state index contributed by atoms with van der Waals surface area (Å²) >= 11 is 0. The van der Waals surface area contributed by atoms with Crippen molar-refractivity contribution >= 4 is 15.7 Å². The fourth-order valence-corrected chi connectivity index (χ4v) is 5.44. The van der Waals surface area contributed by atoms with Gasteiger partial charge in [0.15, 0.2) is 9.84 Å². The Balaban J connectivity index is 1.46. The SMILES string of the molecule is COCCN(CCCC(=O)NO)CCCS(=O)(=O)c1ccc(OCCc2cccc(-c3cccnc3)c2)cc1. The van der Waals surface area contributed by atoms with E-state index in [0.29, 0.717) is 51.4 Å². The van der Waals surface area contributed by atoms with Gasteiger partial charge in [-0.05, 0) is 73.0 Å². The van der Waals surface area contributed by atoms with E-state index in [1.54, 1.807) is 43.1 Å². The van der Waals surface area contributed by atoms with Gasteiger partial charge in [-0.1, -0.05) is 30.3 Å². The predicted octanol–water partition coefficient (Wildman–Crippen LogP) is 3.77. The summed E-state index contributed by atoms with van der Waals surface area (Å²) in [5.41, 5.74) is 4.93. The van der Waals surface area contributed by atoms with E-state index in [9.17, 15) is 13.2 Å². The number of benzene rings is 2. The molecule has 0 saturated carbocycles. The molecule has 1 aromatic heterocycles. The summed E-state index contributed by atoms with van der Waals surface area (Å²) < 4.78 is 36.7. The Kier molecular flexibility index (Phi) is 12.4. The summed E-state index contributed by atoms with van der Waals surface area (Å²) in [5.74, 6) is 0.197. The first-order valence-electron chi connectivity index (χ1n) is 13.0. The van der Waals surface area contributed by atoms with Crippen LogP contribution in [0, 0.1) is 0 Å². The van der Waals surface area contributed by atoms with Crippen LogP contribution in [0.25, 0.3) is 11.1 Å². The van der Waals surface area contributed by atoms with Crippen LogP contribution in [0.15, 0.2) is 78.0 Å². The number of carbonyl (C=O) groups excluding carboxylic acids is 1. The summed E-state index contributed by atoms with van der Waals surface area (Å²) in [5, 5.41) is 8.62. The number of pyridine rings is 1. The number of rotatable bonds is 17. The number of hydrogen-bond donors (Lipinski definition) is 2. The average molecular weight is 556 g/mol. The van der Waals surface area contributed by atoms with Gasteiger partial charge in [-0.15, -0.1) is 0 Å². The Hall–Kier alpha value is -3.31. The molecule has 0 radical (unpaired) electrons. The van der Waals surface area contributed by atoms with Crippen molar-refractivity contribution in [3.05, 3.63) is 78.6 Å². The number of sulfone groups is 1. The molecule has 9 nitrogen and oxygen atoms in total. The average Bonchev–Trinajstić information content (AvgIpc) is 2.96. The lowest BCUT2D eigenvalue weighted by Crippen LogP contribution is -2.31. The Morgan fingerprint density at radius 2 is 1.74 bits per heavy atom. The summed E-state index contributed by atoms with van der Waals surface area (Å²) in [7, 11) is -1.83. The molecule has 0 aliphatic carbocycles. The predicted molar refractivity (Wildman–Crippen MR) is 149 cm³/mol. The highest BCUT2D eigenvalue weighted by molar-refractivity contribution is 7.91. The minimum Gasteiger partial charge on any atom is -0.493 e. The number of methoxy groups -OCH3 is 1. The van der Waals surface area contributed by atoms with Crippen LogP contribution in [-0.4, -0.2) is 75.1 Å². The van der Waals surface area contributed by atoms with Gasteiger partial charge >= 0.3 is 0 Å². The molecule has 0 fully saturated rings. The third-order valence-corrected chi connectivity index (χ3v) is 8.08. The van der Waals surface area contributed by atoms with Crippen LogP contribution in [0.4, 0.5) is 0 Å². The van der Waals surface area contributed by atoms with Crippen molar-refractivity contribution in [1.82, 2.24) is 15.4 Å². The van der Waals surface area contributed by atoms with Crippen molar-refractivity contribution in [2.45, 2.75) is 30.6 Å². The highest BCUT2D eigenvalue weighted by Gasteiger charge is 2.16. The van der Waals surface area contributed by atoms with Gasteiger partial charge in [0.2, 0.25) is 5.91 Å². The standard InChI is InChI=1S/C29H37N3O6S/c1-37-20-18-32(16-4-9-29(33)31-34)17-5-21-39(35,36)28-12-10-27(11-13-28)38-19-14-24-6-2-7-25(22-24)26-8-3-15-30-23-26/h2-3,6-8,10-13,15,22-23,34H,4-5,9,14,16-21H2,1H3,(H,31,33). The molecule has 0 aliphatic rings. The van der Waals surface area contributed by atoms with Crippen molar-refractivity contribution in [2.75, 3.05) is 45.7 Å². The molecule has 210 valence electrons. The van der Waals surface area contributed by atoms with Crippen LogP contribution < -0.4 is 10.2 Å². The summed E-state index contributed by atoms with van der Waals surface area (Å²) in [6, 6.07) is 18.7. The van der Waals surface area contributed by atoms with Crippen LogP contribution in [0.3, 0.4) is 0 Å². The molecule has 0 atom stereocenters. The van der Waals surface area contributed by atoms with E-state index in [1.165, 1.54) is 0 Å². The number of hydrogen-bond acceptors (Lipinski definition) is 8. The van der Waals surface area contributed by atoms with Gasteiger partial charge in [-0.25, -0.2) is 13.9 Å². The molecule has 3 rings (SSSR count). The first kappa shape index (κ1) is 30.2. The molecule has 0 unspecified atom stereocenters. The maximum atomic E-state index is 12.9. The molecule has 0 spiro atoms. The largest absolute Gasteiger partial charge is 0.493 e. The Morgan fingerprint density at radius 3 is 2.46 bits per heavy atom. The minimum atomic E-state index is -3.44. The number of amides is 1. The van der Waals surface area contributed by atoms with Gasteiger partial charge < -0.3 is 14.4 Å². The minimum absolute atomic E-state index is 0.0150. The van der Waals surface area contributed by atoms with E-state index in [4.69, 9.17) is 14.7 Å². The molecular formula is C29H37N3O6S. The lowest BCUT2D eigenvalue weighted by molar-refractivity contribution is -0.129. The van der Waals surface area contributed by atoms with Gasteiger partial charge in [-0.3, -0.25) is 15.0 Å². The smallest absolute Gasteiger partial charge is 0.243 e. The van der Waals surface area contributed by atoms with Crippen LogP contribution in [-0.2, 0) is 25.8 Å². The topological polar surface area (TPSA) is 118 Å². The van der Waals surface area contributed by atoms with Gasteiger partial charge in [0, 0.05) is 38.9 Å². The maximum Gasteiger partial charge on any atom is 0.243 e. The quantitative estimate of drug-likeness (QED) is 0.191. The van der Waals surface area contributed by atoms with E-state index in [2.05, 4.69) is 28.1 Å². The van der Waals surface area contributed by atoms with E-state index >= 15 is 0 Å². The molecule has 1 heterocycles. The van der Waals surface area contributed by atoms with Crippen LogP contribution in [0.5, 0.6) is 5.75 Å². The lowest BCUT2D eigenvalue weighted by atomic mass is 10.0. The molecule has 10 heteroatoms.